The Balaban J connectivity index is 1.74. The Bertz CT molecular complexity index is 707. The van der Waals surface area contributed by atoms with Crippen molar-refractivity contribution in [1.29, 1.82) is 0 Å². The maximum Gasteiger partial charge on any atom is 0.220 e. The molecule has 1 fully saturated rings. The van der Waals surface area contributed by atoms with Crippen LogP contribution in [0.1, 0.15) is 43.1 Å². The van der Waals surface area contributed by atoms with Gasteiger partial charge in [0.25, 0.3) is 0 Å². The fourth-order valence-corrected chi connectivity index (χ4v) is 3.17. The van der Waals surface area contributed by atoms with Crippen LogP contribution in [0.15, 0.2) is 36.7 Å². The highest BCUT2D eigenvalue weighted by Crippen LogP contribution is 2.24. The number of hydrogen-bond donors (Lipinski definition) is 1. The molecule has 2 heterocycles. The predicted octanol–water partition coefficient (Wildman–Crippen LogP) is 2.59. The summed E-state index contributed by atoms with van der Waals surface area (Å²) in [7, 11) is 3.56. The monoisotopic (exact) mass is 343 g/mol. The van der Waals surface area contributed by atoms with Crippen molar-refractivity contribution in [2.75, 3.05) is 13.7 Å². The van der Waals surface area contributed by atoms with Gasteiger partial charge in [0, 0.05) is 32.5 Å². The molecule has 0 bridgehead atoms. The Labute approximate surface area is 148 Å². The van der Waals surface area contributed by atoms with E-state index in [9.17, 15) is 4.79 Å². The van der Waals surface area contributed by atoms with E-state index >= 15 is 0 Å². The van der Waals surface area contributed by atoms with E-state index in [0.29, 0.717) is 6.42 Å². The molecular formula is C19H25N3O3. The first-order valence-electron chi connectivity index (χ1n) is 8.69. The van der Waals surface area contributed by atoms with E-state index in [1.54, 1.807) is 13.3 Å². The summed E-state index contributed by atoms with van der Waals surface area (Å²) in [5.74, 6) is 1.55. The molecule has 0 aliphatic carbocycles. The first kappa shape index (κ1) is 17.5. The smallest absolute Gasteiger partial charge is 0.220 e. The van der Waals surface area contributed by atoms with Crippen LogP contribution in [0.2, 0.25) is 0 Å². The molecule has 1 aliphatic rings. The fraction of sp³-hybridized carbons (Fsp3) is 0.474. The highest BCUT2D eigenvalue weighted by Gasteiger charge is 2.22. The summed E-state index contributed by atoms with van der Waals surface area (Å²) >= 11 is 0. The zero-order valence-electron chi connectivity index (χ0n) is 14.8. The molecule has 1 N–H and O–H groups in total. The van der Waals surface area contributed by atoms with Gasteiger partial charge in [0.05, 0.1) is 13.2 Å². The summed E-state index contributed by atoms with van der Waals surface area (Å²) in [5, 5.41) is 3.12. The summed E-state index contributed by atoms with van der Waals surface area (Å²) in [6, 6.07) is 7.40. The van der Waals surface area contributed by atoms with Crippen molar-refractivity contribution >= 4 is 5.91 Å². The van der Waals surface area contributed by atoms with Crippen LogP contribution in [-0.2, 0) is 16.6 Å². The standard InChI is InChI=1S/C19H25N3O3/c1-22-11-10-20-19(22)18(14-5-3-6-16(13-14)24-2)21-17(23)9-8-15-7-4-12-25-15/h3,5-6,10-11,13,15,18H,4,7-9,12H2,1-2H3,(H,21,23)/t15-,18-/m1/s1. The molecule has 6 heteroatoms. The lowest BCUT2D eigenvalue weighted by Gasteiger charge is -2.20. The van der Waals surface area contributed by atoms with E-state index in [1.807, 2.05) is 42.1 Å². The normalized spacial score (nSPS) is 18.1. The van der Waals surface area contributed by atoms with Gasteiger partial charge in [-0.1, -0.05) is 12.1 Å². The van der Waals surface area contributed by atoms with Crippen LogP contribution in [-0.4, -0.2) is 35.3 Å². The van der Waals surface area contributed by atoms with E-state index < -0.39 is 0 Å². The third kappa shape index (κ3) is 4.39. The van der Waals surface area contributed by atoms with E-state index in [2.05, 4.69) is 10.3 Å². The number of benzene rings is 1. The third-order valence-electron chi connectivity index (χ3n) is 4.57. The molecule has 6 nitrogen and oxygen atoms in total. The highest BCUT2D eigenvalue weighted by molar-refractivity contribution is 5.76. The van der Waals surface area contributed by atoms with Gasteiger partial charge < -0.3 is 19.4 Å². The zero-order chi connectivity index (χ0) is 17.6. The Morgan fingerprint density at radius 3 is 3.08 bits per heavy atom. The number of aryl methyl sites for hydroxylation is 1. The molecule has 2 aromatic rings. The van der Waals surface area contributed by atoms with Gasteiger partial charge in [-0.25, -0.2) is 4.98 Å². The van der Waals surface area contributed by atoms with E-state index in [4.69, 9.17) is 9.47 Å². The SMILES string of the molecule is COc1cccc([C@@H](NC(=O)CC[C@H]2CCCO2)c2nccn2C)c1. The van der Waals surface area contributed by atoms with Gasteiger partial charge in [0.15, 0.2) is 0 Å². The number of methoxy groups -OCH3 is 1. The lowest BCUT2D eigenvalue weighted by molar-refractivity contribution is -0.122. The molecule has 3 rings (SSSR count). The van der Waals surface area contributed by atoms with Crippen molar-refractivity contribution in [2.45, 2.75) is 37.8 Å². The molecule has 1 saturated heterocycles. The minimum Gasteiger partial charge on any atom is -0.497 e. The zero-order valence-corrected chi connectivity index (χ0v) is 14.8. The lowest BCUT2D eigenvalue weighted by Crippen LogP contribution is -2.31. The average Bonchev–Trinajstić information content (AvgIpc) is 3.29. The number of carbonyl (C=O) groups excluding carboxylic acids is 1. The first-order valence-corrected chi connectivity index (χ1v) is 8.69. The minimum atomic E-state index is -0.313. The number of aromatic nitrogens is 2. The molecule has 0 unspecified atom stereocenters. The van der Waals surface area contributed by atoms with Gasteiger partial charge in [-0.05, 0) is 37.0 Å². The van der Waals surface area contributed by atoms with Crippen molar-refractivity contribution in [3.8, 4) is 5.75 Å². The molecule has 0 radical (unpaired) electrons. The van der Waals surface area contributed by atoms with E-state index in [-0.39, 0.29) is 18.1 Å². The minimum absolute atomic E-state index is 0.00585. The third-order valence-corrected chi connectivity index (χ3v) is 4.57. The molecule has 134 valence electrons. The number of nitrogens with zero attached hydrogens (tertiary/aromatic N) is 2. The van der Waals surface area contributed by atoms with Crippen LogP contribution >= 0.6 is 0 Å². The number of rotatable bonds is 7. The second kappa shape index (κ2) is 8.16. The average molecular weight is 343 g/mol. The van der Waals surface area contributed by atoms with Crippen LogP contribution in [0.4, 0.5) is 0 Å². The largest absolute Gasteiger partial charge is 0.497 e. The van der Waals surface area contributed by atoms with E-state index in [0.717, 1.165) is 43.0 Å². The summed E-state index contributed by atoms with van der Waals surface area (Å²) < 4.78 is 12.8. The van der Waals surface area contributed by atoms with Gasteiger partial charge in [-0.15, -0.1) is 0 Å². The Kier molecular flexibility index (Phi) is 5.71. The van der Waals surface area contributed by atoms with Crippen molar-refractivity contribution in [1.82, 2.24) is 14.9 Å². The Morgan fingerprint density at radius 2 is 2.40 bits per heavy atom. The second-order valence-corrected chi connectivity index (χ2v) is 6.35. The number of imidazole rings is 1. The molecule has 1 amide bonds. The van der Waals surface area contributed by atoms with Crippen LogP contribution in [0.3, 0.4) is 0 Å². The van der Waals surface area contributed by atoms with Gasteiger partial charge in [-0.2, -0.15) is 0 Å². The number of carbonyl (C=O) groups is 1. The lowest BCUT2D eigenvalue weighted by atomic mass is 10.0. The van der Waals surface area contributed by atoms with Gasteiger partial charge in [0.2, 0.25) is 5.91 Å². The van der Waals surface area contributed by atoms with Gasteiger partial charge in [-0.3, -0.25) is 4.79 Å². The molecule has 1 aliphatic heterocycles. The highest BCUT2D eigenvalue weighted by atomic mass is 16.5. The summed E-state index contributed by atoms with van der Waals surface area (Å²) in [6.45, 7) is 0.811. The van der Waals surface area contributed by atoms with E-state index in [1.165, 1.54) is 0 Å². The van der Waals surface area contributed by atoms with Crippen molar-refractivity contribution < 1.29 is 14.3 Å². The van der Waals surface area contributed by atoms with Crippen LogP contribution in [0.5, 0.6) is 5.75 Å². The van der Waals surface area contributed by atoms with Gasteiger partial charge >= 0.3 is 0 Å². The molecule has 0 spiro atoms. The number of nitrogens with one attached hydrogen (secondary N) is 1. The van der Waals surface area contributed by atoms with Crippen molar-refractivity contribution in [2.24, 2.45) is 7.05 Å². The Morgan fingerprint density at radius 1 is 1.52 bits per heavy atom. The van der Waals surface area contributed by atoms with Crippen molar-refractivity contribution in [3.63, 3.8) is 0 Å². The molecule has 1 aromatic carbocycles. The van der Waals surface area contributed by atoms with Crippen LogP contribution in [0, 0.1) is 0 Å². The second-order valence-electron chi connectivity index (χ2n) is 6.35. The summed E-state index contributed by atoms with van der Waals surface area (Å²) in [5.41, 5.74) is 0.944. The summed E-state index contributed by atoms with van der Waals surface area (Å²) in [4.78, 5) is 16.9. The van der Waals surface area contributed by atoms with Crippen molar-refractivity contribution in [3.05, 3.63) is 48.0 Å². The fourth-order valence-electron chi connectivity index (χ4n) is 3.17. The molecule has 1 aromatic heterocycles. The molecule has 2 atom stereocenters. The maximum absolute atomic E-state index is 12.5. The summed E-state index contributed by atoms with van der Waals surface area (Å²) in [6.07, 6.45) is 7.18. The number of amides is 1. The predicted molar refractivity (Wildman–Crippen MR) is 94.4 cm³/mol. The molecular weight excluding hydrogens is 318 g/mol. The maximum atomic E-state index is 12.5. The molecule has 25 heavy (non-hydrogen) atoms. The van der Waals surface area contributed by atoms with Gasteiger partial charge in [0.1, 0.15) is 17.6 Å². The number of ether oxygens (including phenoxy) is 2. The Hall–Kier alpha value is -2.34. The first-order chi connectivity index (χ1) is 12.2. The van der Waals surface area contributed by atoms with Crippen LogP contribution < -0.4 is 10.1 Å². The topological polar surface area (TPSA) is 65.4 Å². The quantitative estimate of drug-likeness (QED) is 0.839. The van der Waals surface area contributed by atoms with Crippen LogP contribution in [0.25, 0.3) is 0 Å². The number of hydrogen-bond acceptors (Lipinski definition) is 4. The molecule has 0 saturated carbocycles.